The molecule has 1 N–H and O–H groups in total. The van der Waals surface area contributed by atoms with Gasteiger partial charge in [-0.05, 0) is 56.5 Å². The van der Waals surface area contributed by atoms with Crippen LogP contribution in [0.2, 0.25) is 0 Å². The summed E-state index contributed by atoms with van der Waals surface area (Å²) in [5.41, 5.74) is 3.08. The molecule has 1 atom stereocenters. The molecule has 32 heavy (non-hydrogen) atoms. The predicted molar refractivity (Wildman–Crippen MR) is 121 cm³/mol. The molecule has 0 saturated carbocycles. The fourth-order valence-electron chi connectivity index (χ4n) is 4.15. The Morgan fingerprint density at radius 1 is 1.06 bits per heavy atom. The molecule has 1 unspecified atom stereocenters. The van der Waals surface area contributed by atoms with Crippen LogP contribution in [0.3, 0.4) is 0 Å². The molecule has 3 rings (SSSR count). The van der Waals surface area contributed by atoms with Crippen LogP contribution in [-0.2, 0) is 10.0 Å². The number of rotatable bonds is 5. The van der Waals surface area contributed by atoms with Crippen LogP contribution in [0.4, 0.5) is 9.18 Å². The van der Waals surface area contributed by atoms with Gasteiger partial charge in [0.1, 0.15) is 0 Å². The maximum absolute atomic E-state index is 14.0. The van der Waals surface area contributed by atoms with Gasteiger partial charge in [-0.3, -0.25) is 0 Å². The summed E-state index contributed by atoms with van der Waals surface area (Å²) in [6.07, 6.45) is 0. The molecule has 174 valence electrons. The van der Waals surface area contributed by atoms with Crippen LogP contribution < -0.4 is 10.1 Å². The fraction of sp³-hybridized carbons (Fsp3) is 0.435. The summed E-state index contributed by atoms with van der Waals surface area (Å²) >= 11 is 0. The first-order chi connectivity index (χ1) is 15.0. The van der Waals surface area contributed by atoms with Gasteiger partial charge in [-0.2, -0.15) is 4.31 Å². The zero-order valence-electron chi connectivity index (χ0n) is 19.1. The molecule has 1 heterocycles. The highest BCUT2D eigenvalue weighted by atomic mass is 32.2. The van der Waals surface area contributed by atoms with Crippen molar-refractivity contribution in [1.82, 2.24) is 14.5 Å². The van der Waals surface area contributed by atoms with Crippen molar-refractivity contribution in [2.45, 2.75) is 38.6 Å². The van der Waals surface area contributed by atoms with Crippen molar-refractivity contribution < 1.29 is 22.3 Å². The number of ether oxygens (including phenoxy) is 1. The number of nitrogens with zero attached hydrogens (tertiary/aromatic N) is 2. The lowest BCUT2D eigenvalue weighted by molar-refractivity contribution is 0.169. The van der Waals surface area contributed by atoms with Gasteiger partial charge < -0.3 is 15.0 Å². The van der Waals surface area contributed by atoms with E-state index in [1.165, 1.54) is 23.5 Å². The van der Waals surface area contributed by atoms with Crippen molar-refractivity contribution >= 4 is 16.1 Å². The maximum atomic E-state index is 14.0. The molecule has 0 radical (unpaired) electrons. The molecule has 2 aromatic carbocycles. The Morgan fingerprint density at radius 3 is 2.19 bits per heavy atom. The number of sulfonamides is 1. The lowest BCUT2D eigenvalue weighted by Gasteiger charge is -2.35. The Balaban J connectivity index is 1.64. The van der Waals surface area contributed by atoms with Crippen molar-refractivity contribution in [1.29, 1.82) is 0 Å². The first kappa shape index (κ1) is 24.0. The zero-order chi connectivity index (χ0) is 23.6. The number of urea groups is 1. The number of piperazine rings is 1. The van der Waals surface area contributed by atoms with Gasteiger partial charge in [-0.25, -0.2) is 17.6 Å². The van der Waals surface area contributed by atoms with Crippen LogP contribution in [-0.4, -0.2) is 56.9 Å². The molecule has 9 heteroatoms. The van der Waals surface area contributed by atoms with Gasteiger partial charge in [0.25, 0.3) is 0 Å². The Kier molecular flexibility index (Phi) is 7.09. The highest BCUT2D eigenvalue weighted by Crippen LogP contribution is 2.26. The van der Waals surface area contributed by atoms with Crippen LogP contribution in [0, 0.1) is 26.6 Å². The summed E-state index contributed by atoms with van der Waals surface area (Å²) in [7, 11) is -2.25. The van der Waals surface area contributed by atoms with E-state index >= 15 is 0 Å². The SMILES string of the molecule is COc1ccc(C(C)NC(=O)N2CCN(S(=O)(=O)c3c(C)cc(C)cc3C)CC2)cc1F. The molecule has 1 aliphatic heterocycles. The number of hydrogen-bond acceptors (Lipinski definition) is 4. The molecule has 0 spiro atoms. The van der Waals surface area contributed by atoms with Crippen LogP contribution in [0.25, 0.3) is 0 Å². The van der Waals surface area contributed by atoms with Crippen molar-refractivity contribution in [2.75, 3.05) is 33.3 Å². The van der Waals surface area contributed by atoms with Gasteiger partial charge in [0.2, 0.25) is 10.0 Å². The number of methoxy groups -OCH3 is 1. The number of amides is 2. The lowest BCUT2D eigenvalue weighted by atomic mass is 10.1. The summed E-state index contributed by atoms with van der Waals surface area (Å²) in [5, 5.41) is 2.85. The Labute approximate surface area is 189 Å². The summed E-state index contributed by atoms with van der Waals surface area (Å²) in [4.78, 5) is 14.6. The first-order valence-corrected chi connectivity index (χ1v) is 12.0. The topological polar surface area (TPSA) is 79.0 Å². The minimum Gasteiger partial charge on any atom is -0.494 e. The molecule has 7 nitrogen and oxygen atoms in total. The number of nitrogens with one attached hydrogen (secondary N) is 1. The second-order valence-electron chi connectivity index (χ2n) is 8.18. The summed E-state index contributed by atoms with van der Waals surface area (Å²) in [6, 6.07) is 7.56. The van der Waals surface area contributed by atoms with Crippen LogP contribution in [0.1, 0.15) is 35.2 Å². The Bertz CT molecular complexity index is 1090. The average molecular weight is 464 g/mol. The first-order valence-electron chi connectivity index (χ1n) is 10.5. The highest BCUT2D eigenvalue weighted by molar-refractivity contribution is 7.89. The van der Waals surface area contributed by atoms with Crippen molar-refractivity contribution in [3.8, 4) is 5.75 Å². The average Bonchev–Trinajstić information content (AvgIpc) is 2.72. The number of carbonyl (C=O) groups is 1. The minimum atomic E-state index is -3.65. The van der Waals surface area contributed by atoms with E-state index in [2.05, 4.69) is 5.32 Å². The molecular formula is C23H30FN3O4S. The van der Waals surface area contributed by atoms with Gasteiger partial charge in [-0.15, -0.1) is 0 Å². The van der Waals surface area contributed by atoms with E-state index in [1.54, 1.807) is 31.7 Å². The van der Waals surface area contributed by atoms with E-state index in [-0.39, 0.29) is 38.0 Å². The van der Waals surface area contributed by atoms with Crippen LogP contribution in [0.15, 0.2) is 35.2 Å². The number of aryl methyl sites for hydroxylation is 3. The molecule has 0 bridgehead atoms. The van der Waals surface area contributed by atoms with E-state index in [0.29, 0.717) is 10.5 Å². The molecule has 0 aliphatic carbocycles. The van der Waals surface area contributed by atoms with Crippen molar-refractivity contribution in [3.05, 3.63) is 58.4 Å². The monoisotopic (exact) mass is 463 g/mol. The van der Waals surface area contributed by atoms with E-state index in [9.17, 15) is 17.6 Å². The normalized spacial score (nSPS) is 16.0. The molecule has 2 amide bonds. The Morgan fingerprint density at radius 2 is 1.66 bits per heavy atom. The summed E-state index contributed by atoms with van der Waals surface area (Å²) < 4.78 is 46.8. The van der Waals surface area contributed by atoms with Gasteiger partial charge in [0, 0.05) is 26.2 Å². The number of hydrogen-bond donors (Lipinski definition) is 1. The number of halogens is 1. The largest absolute Gasteiger partial charge is 0.494 e. The molecule has 1 fully saturated rings. The van der Waals surface area contributed by atoms with Crippen molar-refractivity contribution in [3.63, 3.8) is 0 Å². The standard InChI is InChI=1S/C23H30FN3O4S/c1-15-12-16(2)22(17(3)13-15)32(29,30)27-10-8-26(9-11-27)23(28)25-18(4)19-6-7-21(31-5)20(24)14-19/h6-7,12-14,18H,8-11H2,1-5H3,(H,25,28). The lowest BCUT2D eigenvalue weighted by Crippen LogP contribution is -2.53. The highest BCUT2D eigenvalue weighted by Gasteiger charge is 2.32. The van der Waals surface area contributed by atoms with E-state index in [0.717, 1.165) is 16.7 Å². The van der Waals surface area contributed by atoms with Gasteiger partial charge in [0.15, 0.2) is 11.6 Å². The zero-order valence-corrected chi connectivity index (χ0v) is 19.9. The van der Waals surface area contributed by atoms with E-state index < -0.39 is 21.9 Å². The van der Waals surface area contributed by atoms with Gasteiger partial charge in [0.05, 0.1) is 18.0 Å². The number of carbonyl (C=O) groups excluding carboxylic acids is 1. The van der Waals surface area contributed by atoms with Gasteiger partial charge in [-0.1, -0.05) is 23.8 Å². The van der Waals surface area contributed by atoms with Crippen molar-refractivity contribution in [2.24, 2.45) is 0 Å². The van der Waals surface area contributed by atoms with Crippen LogP contribution >= 0.6 is 0 Å². The summed E-state index contributed by atoms with van der Waals surface area (Å²) in [5.74, 6) is -0.352. The Hall–Kier alpha value is -2.65. The fourth-order valence-corrected chi connectivity index (χ4v) is 5.98. The predicted octanol–water partition coefficient (Wildman–Crippen LogP) is 3.54. The molecule has 1 saturated heterocycles. The minimum absolute atomic E-state index is 0.142. The summed E-state index contributed by atoms with van der Waals surface area (Å²) in [6.45, 7) is 8.30. The molecular weight excluding hydrogens is 433 g/mol. The molecule has 2 aromatic rings. The second kappa shape index (κ2) is 9.46. The third-order valence-corrected chi connectivity index (χ3v) is 7.95. The van der Waals surface area contributed by atoms with Crippen LogP contribution in [0.5, 0.6) is 5.75 Å². The molecule has 1 aliphatic rings. The van der Waals surface area contributed by atoms with Gasteiger partial charge >= 0.3 is 6.03 Å². The molecule has 0 aromatic heterocycles. The third-order valence-electron chi connectivity index (χ3n) is 5.74. The van der Waals surface area contributed by atoms with E-state index in [1.807, 2.05) is 19.1 Å². The number of benzene rings is 2. The third kappa shape index (κ3) is 4.88. The maximum Gasteiger partial charge on any atom is 0.317 e. The smallest absolute Gasteiger partial charge is 0.317 e. The quantitative estimate of drug-likeness (QED) is 0.736. The van der Waals surface area contributed by atoms with E-state index in [4.69, 9.17) is 4.74 Å². The second-order valence-corrected chi connectivity index (χ2v) is 10.1.